The topological polar surface area (TPSA) is 99.2 Å². The van der Waals surface area contributed by atoms with Gasteiger partial charge in [0.05, 0.1) is 23.3 Å². The zero-order valence-corrected chi connectivity index (χ0v) is 31.8. The molecule has 3 aliphatic heterocycles. The zero-order valence-electron chi connectivity index (χ0n) is 29.5. The second kappa shape index (κ2) is 17.3. The van der Waals surface area contributed by atoms with Crippen LogP contribution in [0.3, 0.4) is 0 Å². The minimum Gasteiger partial charge on any atom is -0.489 e. The third kappa shape index (κ3) is 9.70. The van der Waals surface area contributed by atoms with Gasteiger partial charge in [-0.1, -0.05) is 59.6 Å². The van der Waals surface area contributed by atoms with Gasteiger partial charge in [-0.25, -0.2) is 9.59 Å². The fraction of sp³-hybridized carbons (Fsp3) is 0.425. The summed E-state index contributed by atoms with van der Waals surface area (Å²) in [5.74, 6) is -0.592. The molecule has 4 fully saturated rings. The number of hydrogen-bond donors (Lipinski definition) is 1. The smallest absolute Gasteiger partial charge is 0.387 e. The van der Waals surface area contributed by atoms with Crippen molar-refractivity contribution < 1.29 is 37.3 Å². The number of carbonyl (C=O) groups excluding carboxylic acids is 2. The van der Waals surface area contributed by atoms with Gasteiger partial charge in [0.2, 0.25) is 0 Å². The van der Waals surface area contributed by atoms with E-state index in [1.165, 1.54) is 29.8 Å². The first kappa shape index (κ1) is 38.5. The highest BCUT2D eigenvalue weighted by molar-refractivity contribution is 7.13. The van der Waals surface area contributed by atoms with Gasteiger partial charge in [0, 0.05) is 35.7 Å². The summed E-state index contributed by atoms with van der Waals surface area (Å²) in [7, 11) is 0. The Labute approximate surface area is 326 Å². The monoisotopic (exact) mass is 799 g/mol. The molecule has 1 saturated carbocycles. The fourth-order valence-electron chi connectivity index (χ4n) is 6.94. The number of hydrogen-bond acceptors (Lipinski definition) is 10. The van der Waals surface area contributed by atoms with Crippen molar-refractivity contribution in [3.63, 3.8) is 0 Å². The van der Waals surface area contributed by atoms with Crippen molar-refractivity contribution in [1.29, 1.82) is 0 Å². The molecule has 1 N–H and O–H groups in total. The van der Waals surface area contributed by atoms with E-state index < -0.39 is 24.7 Å². The van der Waals surface area contributed by atoms with Crippen LogP contribution in [0.5, 0.6) is 11.5 Å². The largest absolute Gasteiger partial charge is 0.489 e. The summed E-state index contributed by atoms with van der Waals surface area (Å²) in [5, 5.41) is 3.92. The number of ether oxygens (including phenoxy) is 4. The van der Waals surface area contributed by atoms with Crippen molar-refractivity contribution in [2.75, 3.05) is 32.8 Å². The third-order valence-electron chi connectivity index (χ3n) is 10.4. The number of halogens is 4. The van der Waals surface area contributed by atoms with Crippen LogP contribution in [0.15, 0.2) is 73.1 Å². The first-order valence-corrected chi connectivity index (χ1v) is 19.7. The van der Waals surface area contributed by atoms with Crippen molar-refractivity contribution in [2.24, 2.45) is 11.3 Å². The number of piperidine rings is 3. The molecule has 2 atom stereocenters. The molecule has 9 nitrogen and oxygen atoms in total. The maximum absolute atomic E-state index is 13.7. The maximum atomic E-state index is 13.7. The van der Waals surface area contributed by atoms with Crippen molar-refractivity contribution in [3.8, 4) is 11.5 Å². The Balaban J connectivity index is 1.06. The number of alkyl halides is 2. The Kier molecular flexibility index (Phi) is 12.3. The summed E-state index contributed by atoms with van der Waals surface area (Å²) in [6.07, 6.45) is 7.14. The second-order valence-corrected chi connectivity index (χ2v) is 16.2. The van der Waals surface area contributed by atoms with E-state index >= 15 is 0 Å². The molecular formula is C40H41Cl2F2N3O6S. The van der Waals surface area contributed by atoms with Crippen molar-refractivity contribution in [3.05, 3.63) is 110 Å². The van der Waals surface area contributed by atoms with Crippen LogP contribution in [0.1, 0.15) is 75.5 Å². The molecule has 3 saturated heterocycles. The zero-order chi connectivity index (χ0) is 37.7. The lowest BCUT2D eigenvalue weighted by molar-refractivity contribution is -0.153. The van der Waals surface area contributed by atoms with Gasteiger partial charge in [0.1, 0.15) is 17.0 Å². The lowest BCUT2D eigenvalue weighted by atomic mass is 9.73. The number of benzene rings is 2. The van der Waals surface area contributed by atoms with Gasteiger partial charge < -0.3 is 23.8 Å². The lowest BCUT2D eigenvalue weighted by Crippen LogP contribution is -2.50. The second-order valence-electron chi connectivity index (χ2n) is 14.2. The third-order valence-corrected chi connectivity index (χ3v) is 12.1. The van der Waals surface area contributed by atoms with Crippen molar-refractivity contribution >= 4 is 46.5 Å². The van der Waals surface area contributed by atoms with Crippen LogP contribution in [-0.4, -0.2) is 61.3 Å². The lowest BCUT2D eigenvalue weighted by Gasteiger charge is -2.48. The highest BCUT2D eigenvalue weighted by Crippen LogP contribution is 2.41. The van der Waals surface area contributed by atoms with E-state index in [0.29, 0.717) is 41.7 Å². The molecule has 0 spiro atoms. The molecule has 4 aromatic rings. The summed E-state index contributed by atoms with van der Waals surface area (Å²) in [4.78, 5) is 34.9. The van der Waals surface area contributed by atoms with E-state index in [4.69, 9.17) is 42.1 Å². The normalized spacial score (nSPS) is 20.4. The Hall–Kier alpha value is -3.81. The molecular weight excluding hydrogens is 759 g/mol. The molecule has 1 unspecified atom stereocenters. The molecule has 5 heterocycles. The summed E-state index contributed by atoms with van der Waals surface area (Å²) >= 11 is 14.2. The van der Waals surface area contributed by atoms with Gasteiger partial charge in [-0.2, -0.15) is 8.78 Å². The number of esters is 2. The van der Waals surface area contributed by atoms with Crippen molar-refractivity contribution in [1.82, 2.24) is 15.2 Å². The van der Waals surface area contributed by atoms with Crippen LogP contribution in [0, 0.1) is 11.3 Å². The number of nitrogens with zero attached hydrogens (tertiary/aromatic N) is 2. The number of pyridine rings is 1. The summed E-state index contributed by atoms with van der Waals surface area (Å²) in [6, 6.07) is 16.7. The van der Waals surface area contributed by atoms with E-state index in [1.54, 1.807) is 18.2 Å². The fourth-order valence-corrected chi connectivity index (χ4v) is 8.31. The van der Waals surface area contributed by atoms with E-state index in [-0.39, 0.29) is 39.3 Å². The Bertz CT molecular complexity index is 1890. The first-order valence-electron chi connectivity index (χ1n) is 18.1. The van der Waals surface area contributed by atoms with Crippen molar-refractivity contribution in [2.45, 2.75) is 63.8 Å². The van der Waals surface area contributed by atoms with Gasteiger partial charge in [-0.05, 0) is 98.6 Å². The van der Waals surface area contributed by atoms with E-state index in [2.05, 4.69) is 15.2 Å². The molecule has 2 aromatic carbocycles. The van der Waals surface area contributed by atoms with Gasteiger partial charge in [-0.3, -0.25) is 10.3 Å². The van der Waals surface area contributed by atoms with Gasteiger partial charge in [0.25, 0.3) is 0 Å². The number of thiophene rings is 1. The van der Waals surface area contributed by atoms with Crippen LogP contribution in [0.25, 0.3) is 0 Å². The highest BCUT2D eigenvalue weighted by Gasteiger charge is 2.41. The van der Waals surface area contributed by atoms with E-state index in [0.717, 1.165) is 62.2 Å². The first-order chi connectivity index (χ1) is 26.1. The maximum Gasteiger partial charge on any atom is 0.387 e. The predicted molar refractivity (Wildman–Crippen MR) is 201 cm³/mol. The van der Waals surface area contributed by atoms with Gasteiger partial charge in [-0.15, -0.1) is 11.3 Å². The molecule has 4 aliphatic rings. The SMILES string of the molecule is O=C(O[C@@H](Cc1c(Cl)cncc1Cl)c1ccc(OC(F)F)c(OCC2CC2)c1)c1ccc(CNC(C(=O)OCC23CCN(CC2)CC3)c2ccccc2)s1. The number of carbonyl (C=O) groups is 2. The van der Waals surface area contributed by atoms with E-state index in [1.807, 2.05) is 36.4 Å². The number of nitrogens with one attached hydrogen (secondary N) is 1. The molecule has 1 aliphatic carbocycles. The van der Waals surface area contributed by atoms with Crippen LogP contribution in [-0.2, 0) is 27.2 Å². The van der Waals surface area contributed by atoms with Crippen LogP contribution >= 0.6 is 34.5 Å². The molecule has 2 bridgehead atoms. The Morgan fingerprint density at radius 2 is 1.67 bits per heavy atom. The standard InChI is InChI=1S/C40H41Cl2F2N3O6S/c41-30-21-45-22-31(42)29(30)19-33(27-8-10-32(53-39(43)44)34(18-27)50-23-25-6-7-25)52-37(48)35-11-9-28(54-35)20-46-36(26-4-2-1-3-5-26)38(49)51-24-40-12-15-47(16-13-40)17-14-40/h1-5,8-11,18,21-22,25,33,36,39,46H,6-7,12-17,19-20,23-24H2/t33-,36?/m0/s1. The average Bonchev–Trinajstić information content (AvgIpc) is 3.89. The molecule has 2 aromatic heterocycles. The summed E-state index contributed by atoms with van der Waals surface area (Å²) in [5.41, 5.74) is 1.81. The molecule has 8 rings (SSSR count). The summed E-state index contributed by atoms with van der Waals surface area (Å²) in [6.45, 7) is 1.15. The molecule has 0 amide bonds. The molecule has 0 radical (unpaired) electrons. The molecule has 14 heteroatoms. The molecule has 286 valence electrons. The van der Waals surface area contributed by atoms with Crippen LogP contribution < -0.4 is 14.8 Å². The summed E-state index contributed by atoms with van der Waals surface area (Å²) < 4.78 is 49.2. The van der Waals surface area contributed by atoms with Crippen LogP contribution in [0.4, 0.5) is 8.78 Å². The van der Waals surface area contributed by atoms with Gasteiger partial charge >= 0.3 is 18.6 Å². The number of fused-ring (bicyclic) bond motifs is 3. The minimum absolute atomic E-state index is 0.0491. The number of rotatable bonds is 17. The van der Waals surface area contributed by atoms with E-state index in [9.17, 15) is 18.4 Å². The predicted octanol–water partition coefficient (Wildman–Crippen LogP) is 8.84. The highest BCUT2D eigenvalue weighted by atomic mass is 35.5. The Morgan fingerprint density at radius 1 is 0.944 bits per heavy atom. The Morgan fingerprint density at radius 3 is 2.35 bits per heavy atom. The quantitative estimate of drug-likeness (QED) is 0.105. The van der Waals surface area contributed by atoms with Crippen LogP contribution in [0.2, 0.25) is 10.0 Å². The van der Waals surface area contributed by atoms with Gasteiger partial charge in [0.15, 0.2) is 11.5 Å². The number of aromatic nitrogens is 1. The molecule has 54 heavy (non-hydrogen) atoms. The minimum atomic E-state index is -3.05. The average molecular weight is 801 g/mol.